The predicted octanol–water partition coefficient (Wildman–Crippen LogP) is -0.424. The van der Waals surface area contributed by atoms with Gasteiger partial charge in [-0.1, -0.05) is 12.1 Å². The molecule has 0 fully saturated rings. The number of carbonyl (C=O) groups excluding carboxylic acids is 1. The molecule has 1 aromatic rings. The molecule has 0 N–H and O–H groups in total. The molecule has 68 valence electrons. The first-order chi connectivity index (χ1) is 6.27. The van der Waals surface area contributed by atoms with Crippen LogP contribution in [0.15, 0.2) is 24.3 Å². The van der Waals surface area contributed by atoms with Gasteiger partial charge in [-0.05, 0) is 12.1 Å². The molecule has 0 aliphatic carbocycles. The van der Waals surface area contributed by atoms with Crippen LogP contribution in [0, 0.1) is 0 Å². The molecule has 1 aromatic carbocycles. The lowest BCUT2D eigenvalue weighted by molar-refractivity contribution is -0.315. The van der Waals surface area contributed by atoms with E-state index in [1.165, 1.54) is 0 Å². The highest BCUT2D eigenvalue weighted by Crippen LogP contribution is 2.30. The second kappa shape index (κ2) is 2.97. The van der Waals surface area contributed by atoms with E-state index in [-0.39, 0.29) is 6.61 Å². The van der Waals surface area contributed by atoms with Gasteiger partial charge >= 0.3 is 0 Å². The molecule has 0 aromatic heterocycles. The molecule has 1 heterocycles. The fourth-order valence-electron chi connectivity index (χ4n) is 1.14. The fraction of sp³-hybridized carbons (Fsp3) is 0.222. The average molecular weight is 179 g/mol. The highest BCUT2D eigenvalue weighted by atomic mass is 16.6. The van der Waals surface area contributed by atoms with Crippen LogP contribution in [0.1, 0.15) is 0 Å². The maximum absolute atomic E-state index is 10.4. The summed E-state index contributed by atoms with van der Waals surface area (Å²) in [7, 11) is 0. The third-order valence-electron chi connectivity index (χ3n) is 1.77. The largest absolute Gasteiger partial charge is 0.546 e. The number of para-hydroxylation sites is 2. The number of ether oxygens (including phenoxy) is 2. The summed E-state index contributed by atoms with van der Waals surface area (Å²) in [4.78, 5) is 10.4. The second-order valence-electron chi connectivity index (χ2n) is 2.68. The van der Waals surface area contributed by atoms with Gasteiger partial charge in [0, 0.05) is 0 Å². The molecule has 1 aliphatic rings. The number of carbonyl (C=O) groups is 1. The Bertz CT molecular complexity index is 334. The van der Waals surface area contributed by atoms with Gasteiger partial charge < -0.3 is 19.4 Å². The minimum absolute atomic E-state index is 0.000648. The maximum atomic E-state index is 10.4. The summed E-state index contributed by atoms with van der Waals surface area (Å²) in [6.45, 7) is -0.000648. The lowest BCUT2D eigenvalue weighted by Crippen LogP contribution is -2.45. The van der Waals surface area contributed by atoms with Gasteiger partial charge in [-0.25, -0.2) is 0 Å². The van der Waals surface area contributed by atoms with Gasteiger partial charge in [-0.3, -0.25) is 0 Å². The first-order valence-corrected chi connectivity index (χ1v) is 3.87. The molecule has 0 radical (unpaired) electrons. The molecule has 1 unspecified atom stereocenters. The molecule has 13 heavy (non-hydrogen) atoms. The van der Waals surface area contributed by atoms with E-state index in [9.17, 15) is 9.90 Å². The summed E-state index contributed by atoms with van der Waals surface area (Å²) in [6.07, 6.45) is -1.00. The van der Waals surface area contributed by atoms with E-state index in [0.29, 0.717) is 11.5 Å². The second-order valence-corrected chi connectivity index (χ2v) is 2.68. The standard InChI is InChI=1S/C9H8O4/c10-9(11)8-5-12-6-3-1-2-4-7(6)13-8/h1-4,8H,5H2,(H,10,11)/p-1. The van der Waals surface area contributed by atoms with Gasteiger partial charge in [-0.15, -0.1) is 0 Å². The highest BCUT2D eigenvalue weighted by molar-refractivity contribution is 5.71. The van der Waals surface area contributed by atoms with Gasteiger partial charge in [0.2, 0.25) is 0 Å². The van der Waals surface area contributed by atoms with E-state index in [1.807, 2.05) is 0 Å². The van der Waals surface area contributed by atoms with Crippen LogP contribution in [-0.4, -0.2) is 18.7 Å². The minimum atomic E-state index is -1.26. The zero-order valence-corrected chi connectivity index (χ0v) is 6.73. The van der Waals surface area contributed by atoms with Gasteiger partial charge in [-0.2, -0.15) is 0 Å². The van der Waals surface area contributed by atoms with Crippen LogP contribution in [0.4, 0.5) is 0 Å². The van der Waals surface area contributed by atoms with Crippen LogP contribution in [0.3, 0.4) is 0 Å². The van der Waals surface area contributed by atoms with Crippen molar-refractivity contribution in [3.8, 4) is 11.5 Å². The summed E-state index contributed by atoms with van der Waals surface area (Å²) in [6, 6.07) is 6.92. The topological polar surface area (TPSA) is 58.6 Å². The summed E-state index contributed by atoms with van der Waals surface area (Å²) in [5, 5.41) is 10.4. The van der Waals surface area contributed by atoms with E-state index in [0.717, 1.165) is 0 Å². The molecular weight excluding hydrogens is 172 g/mol. The first kappa shape index (κ1) is 7.91. The zero-order valence-electron chi connectivity index (χ0n) is 6.73. The number of benzene rings is 1. The van der Waals surface area contributed by atoms with Crippen molar-refractivity contribution in [1.82, 2.24) is 0 Å². The van der Waals surface area contributed by atoms with Crippen molar-refractivity contribution in [2.45, 2.75) is 6.10 Å². The van der Waals surface area contributed by atoms with Crippen molar-refractivity contribution in [2.24, 2.45) is 0 Å². The van der Waals surface area contributed by atoms with Crippen LogP contribution in [0.2, 0.25) is 0 Å². The van der Waals surface area contributed by atoms with Crippen molar-refractivity contribution in [1.29, 1.82) is 0 Å². The molecule has 1 aliphatic heterocycles. The number of hydrogen-bond acceptors (Lipinski definition) is 4. The number of aliphatic carboxylic acids is 1. The van der Waals surface area contributed by atoms with Crippen LogP contribution in [0.25, 0.3) is 0 Å². The Hall–Kier alpha value is -1.71. The Kier molecular flexibility index (Phi) is 1.81. The van der Waals surface area contributed by atoms with Gasteiger partial charge in [0.1, 0.15) is 6.61 Å². The monoisotopic (exact) mass is 179 g/mol. The molecule has 0 saturated carbocycles. The van der Waals surface area contributed by atoms with E-state index >= 15 is 0 Å². The zero-order chi connectivity index (χ0) is 9.26. The Morgan fingerprint density at radius 1 is 1.38 bits per heavy atom. The Morgan fingerprint density at radius 2 is 2.08 bits per heavy atom. The van der Waals surface area contributed by atoms with E-state index < -0.39 is 12.1 Å². The Labute approximate surface area is 74.7 Å². The molecule has 1 atom stereocenters. The number of rotatable bonds is 1. The van der Waals surface area contributed by atoms with Gasteiger partial charge in [0.15, 0.2) is 17.6 Å². The van der Waals surface area contributed by atoms with Crippen LogP contribution in [-0.2, 0) is 4.79 Å². The summed E-state index contributed by atoms with van der Waals surface area (Å²) >= 11 is 0. The van der Waals surface area contributed by atoms with E-state index in [4.69, 9.17) is 9.47 Å². The van der Waals surface area contributed by atoms with Crippen molar-refractivity contribution in [2.75, 3.05) is 6.61 Å². The normalized spacial score (nSPS) is 19.5. The highest BCUT2D eigenvalue weighted by Gasteiger charge is 2.20. The third-order valence-corrected chi connectivity index (χ3v) is 1.77. The number of carboxylic acid groups (broad SMARTS) is 1. The molecule has 0 bridgehead atoms. The molecule has 2 rings (SSSR count). The van der Waals surface area contributed by atoms with Crippen LogP contribution in [0.5, 0.6) is 11.5 Å². The first-order valence-electron chi connectivity index (χ1n) is 3.87. The fourth-order valence-corrected chi connectivity index (χ4v) is 1.14. The van der Waals surface area contributed by atoms with Gasteiger partial charge in [0.25, 0.3) is 0 Å². The lowest BCUT2D eigenvalue weighted by Gasteiger charge is -2.26. The Morgan fingerprint density at radius 3 is 2.77 bits per heavy atom. The summed E-state index contributed by atoms with van der Waals surface area (Å²) < 4.78 is 10.3. The molecule has 0 saturated heterocycles. The summed E-state index contributed by atoms with van der Waals surface area (Å²) in [5.41, 5.74) is 0. The molecule has 0 amide bonds. The average Bonchev–Trinajstić information content (AvgIpc) is 2.17. The molecular formula is C9H7O4-. The SMILES string of the molecule is O=C([O-])C1COc2ccccc2O1. The van der Waals surface area contributed by atoms with E-state index in [1.54, 1.807) is 24.3 Å². The third kappa shape index (κ3) is 1.42. The Balaban J connectivity index is 2.24. The quantitative estimate of drug-likeness (QED) is 0.587. The van der Waals surface area contributed by atoms with Crippen molar-refractivity contribution >= 4 is 5.97 Å². The minimum Gasteiger partial charge on any atom is -0.546 e. The lowest BCUT2D eigenvalue weighted by atomic mass is 10.2. The number of hydrogen-bond donors (Lipinski definition) is 0. The van der Waals surface area contributed by atoms with Crippen molar-refractivity contribution in [3.05, 3.63) is 24.3 Å². The maximum Gasteiger partial charge on any atom is 0.172 e. The molecule has 0 spiro atoms. The van der Waals surface area contributed by atoms with Gasteiger partial charge in [0.05, 0.1) is 5.97 Å². The van der Waals surface area contributed by atoms with E-state index in [2.05, 4.69) is 0 Å². The molecule has 4 nitrogen and oxygen atoms in total. The number of fused-ring (bicyclic) bond motifs is 1. The van der Waals surface area contributed by atoms with Crippen LogP contribution < -0.4 is 14.6 Å². The molecule has 4 heteroatoms. The number of carboxylic acids is 1. The summed E-state index contributed by atoms with van der Waals surface area (Å²) in [5.74, 6) is -0.238. The van der Waals surface area contributed by atoms with Crippen molar-refractivity contribution < 1.29 is 19.4 Å². The smallest absolute Gasteiger partial charge is 0.172 e. The predicted molar refractivity (Wildman–Crippen MR) is 41.4 cm³/mol. The van der Waals surface area contributed by atoms with Crippen molar-refractivity contribution in [3.63, 3.8) is 0 Å². The van der Waals surface area contributed by atoms with Crippen LogP contribution >= 0.6 is 0 Å².